The third kappa shape index (κ3) is 4.06. The minimum Gasteiger partial charge on any atom is -0.378 e. The number of carbonyl (C=O) groups excluding carboxylic acids is 4. The molecule has 8 heteroatoms. The zero-order chi connectivity index (χ0) is 20.3. The third-order valence-electron chi connectivity index (χ3n) is 5.01. The molecule has 0 spiro atoms. The van der Waals surface area contributed by atoms with Crippen molar-refractivity contribution in [3.8, 4) is 0 Å². The van der Waals surface area contributed by atoms with Crippen LogP contribution in [0, 0.1) is 5.92 Å². The third-order valence-corrected chi connectivity index (χ3v) is 5.01. The van der Waals surface area contributed by atoms with Gasteiger partial charge in [0.1, 0.15) is 6.04 Å². The van der Waals surface area contributed by atoms with E-state index in [0.717, 1.165) is 4.90 Å². The molecular weight excluding hydrogens is 362 g/mol. The zero-order valence-electron chi connectivity index (χ0n) is 16.1. The van der Waals surface area contributed by atoms with Crippen LogP contribution in [0.1, 0.15) is 41.0 Å². The smallest absolute Gasteiger partial charge is 0.261 e. The molecule has 8 nitrogen and oxygen atoms in total. The number of hydrogen-bond acceptors (Lipinski definition) is 5. The quantitative estimate of drug-likeness (QED) is 0.724. The fourth-order valence-electron chi connectivity index (χ4n) is 3.40. The number of carbonyl (C=O) groups is 4. The average molecular weight is 387 g/mol. The molecule has 1 atom stereocenters. The Morgan fingerprint density at radius 1 is 1.07 bits per heavy atom. The number of fused-ring (bicyclic) bond motifs is 1. The van der Waals surface area contributed by atoms with E-state index in [2.05, 4.69) is 5.32 Å². The largest absolute Gasteiger partial charge is 0.378 e. The van der Waals surface area contributed by atoms with Gasteiger partial charge in [0.2, 0.25) is 11.8 Å². The minimum atomic E-state index is -0.646. The molecule has 1 N–H and O–H groups in total. The Balaban J connectivity index is 1.57. The van der Waals surface area contributed by atoms with Crippen LogP contribution in [0.15, 0.2) is 24.3 Å². The van der Waals surface area contributed by atoms with E-state index < -0.39 is 17.9 Å². The second-order valence-corrected chi connectivity index (χ2v) is 7.28. The summed E-state index contributed by atoms with van der Waals surface area (Å²) in [6.07, 6.45) is -0.0505. The minimum absolute atomic E-state index is 0.0191. The number of nitrogens with zero attached hydrogens (tertiary/aromatic N) is 2. The molecule has 4 amide bonds. The van der Waals surface area contributed by atoms with Crippen molar-refractivity contribution < 1.29 is 23.9 Å². The molecular formula is C20H25N3O5. The molecule has 0 unspecified atom stereocenters. The van der Waals surface area contributed by atoms with Crippen LogP contribution in [0.2, 0.25) is 0 Å². The summed E-state index contributed by atoms with van der Waals surface area (Å²) in [6.45, 7) is 5.71. The first-order valence-corrected chi connectivity index (χ1v) is 9.51. The van der Waals surface area contributed by atoms with Gasteiger partial charge in [0, 0.05) is 26.1 Å². The van der Waals surface area contributed by atoms with Crippen molar-refractivity contribution in [3.63, 3.8) is 0 Å². The topological polar surface area (TPSA) is 96.0 Å². The first kappa shape index (κ1) is 20.0. The van der Waals surface area contributed by atoms with E-state index in [0.29, 0.717) is 37.4 Å². The predicted octanol–water partition coefficient (Wildman–Crippen LogP) is 0.672. The van der Waals surface area contributed by atoms with Crippen molar-refractivity contribution in [1.82, 2.24) is 15.1 Å². The summed E-state index contributed by atoms with van der Waals surface area (Å²) < 4.78 is 5.26. The van der Waals surface area contributed by atoms with E-state index in [9.17, 15) is 19.2 Å². The van der Waals surface area contributed by atoms with E-state index in [1.165, 1.54) is 0 Å². The lowest BCUT2D eigenvalue weighted by atomic mass is 10.0. The Bertz CT molecular complexity index is 751. The van der Waals surface area contributed by atoms with Crippen LogP contribution in [0.3, 0.4) is 0 Å². The zero-order valence-corrected chi connectivity index (χ0v) is 16.1. The molecule has 0 bridgehead atoms. The molecule has 0 aromatic heterocycles. The highest BCUT2D eigenvalue weighted by Crippen LogP contribution is 2.22. The van der Waals surface area contributed by atoms with E-state index in [1.54, 1.807) is 29.2 Å². The number of rotatable bonds is 6. The molecule has 150 valence electrons. The summed E-state index contributed by atoms with van der Waals surface area (Å²) in [6, 6.07) is 5.96. The van der Waals surface area contributed by atoms with Gasteiger partial charge in [-0.2, -0.15) is 0 Å². The first-order valence-electron chi connectivity index (χ1n) is 9.51. The van der Waals surface area contributed by atoms with Gasteiger partial charge in [-0.1, -0.05) is 26.0 Å². The van der Waals surface area contributed by atoms with Gasteiger partial charge in [-0.3, -0.25) is 24.1 Å². The fraction of sp³-hybridized carbons (Fsp3) is 0.500. The second-order valence-electron chi connectivity index (χ2n) is 7.28. The lowest BCUT2D eigenvalue weighted by Crippen LogP contribution is -2.54. The van der Waals surface area contributed by atoms with E-state index in [4.69, 9.17) is 4.74 Å². The molecule has 2 heterocycles. The number of amides is 4. The number of hydrogen-bond donors (Lipinski definition) is 1. The first-order chi connectivity index (χ1) is 13.4. The number of nitrogens with one attached hydrogen (secondary N) is 1. The van der Waals surface area contributed by atoms with E-state index in [1.807, 2.05) is 13.8 Å². The maximum absolute atomic E-state index is 12.7. The van der Waals surface area contributed by atoms with Crippen LogP contribution in [-0.4, -0.2) is 72.3 Å². The van der Waals surface area contributed by atoms with Gasteiger partial charge >= 0.3 is 0 Å². The molecule has 2 aliphatic rings. The molecule has 0 aliphatic carbocycles. The maximum Gasteiger partial charge on any atom is 0.261 e. The van der Waals surface area contributed by atoms with E-state index in [-0.39, 0.29) is 30.7 Å². The van der Waals surface area contributed by atoms with Gasteiger partial charge in [-0.25, -0.2) is 0 Å². The standard InChI is InChI=1S/C20H25N3O5/c1-13(2)17(20(27)22-9-11-28-12-10-22)21-16(24)7-8-23-18(25)14-5-3-4-6-15(14)19(23)26/h3-6,13,17H,7-12H2,1-2H3,(H,21,24)/t17-/m1/s1. The summed E-state index contributed by atoms with van der Waals surface area (Å²) in [5, 5.41) is 2.77. The lowest BCUT2D eigenvalue weighted by molar-refractivity contribution is -0.141. The summed E-state index contributed by atoms with van der Waals surface area (Å²) >= 11 is 0. The highest BCUT2D eigenvalue weighted by molar-refractivity contribution is 6.21. The molecule has 1 fully saturated rings. The number of imide groups is 1. The summed E-state index contributed by atoms with van der Waals surface area (Å²) in [5.41, 5.74) is 0.714. The van der Waals surface area contributed by atoms with Gasteiger partial charge in [-0.05, 0) is 18.1 Å². The van der Waals surface area contributed by atoms with Gasteiger partial charge in [0.25, 0.3) is 11.8 Å². The van der Waals surface area contributed by atoms with Crippen LogP contribution < -0.4 is 5.32 Å². The van der Waals surface area contributed by atoms with Crippen LogP contribution in [0.5, 0.6) is 0 Å². The van der Waals surface area contributed by atoms with Gasteiger partial charge in [0.05, 0.1) is 24.3 Å². The normalized spacial score (nSPS) is 17.7. The number of benzene rings is 1. The van der Waals surface area contributed by atoms with Crippen molar-refractivity contribution in [3.05, 3.63) is 35.4 Å². The molecule has 28 heavy (non-hydrogen) atoms. The predicted molar refractivity (Wildman–Crippen MR) is 101 cm³/mol. The Kier molecular flexibility index (Phi) is 6.08. The van der Waals surface area contributed by atoms with Gasteiger partial charge < -0.3 is 15.0 Å². The van der Waals surface area contributed by atoms with Crippen molar-refractivity contribution >= 4 is 23.6 Å². The Hall–Kier alpha value is -2.74. The Morgan fingerprint density at radius 2 is 1.64 bits per heavy atom. The van der Waals surface area contributed by atoms with Gasteiger partial charge in [-0.15, -0.1) is 0 Å². The second kappa shape index (κ2) is 8.52. The summed E-state index contributed by atoms with van der Waals surface area (Å²) in [5.74, 6) is -1.36. The van der Waals surface area contributed by atoms with Crippen LogP contribution in [0.25, 0.3) is 0 Å². The molecule has 2 aliphatic heterocycles. The van der Waals surface area contributed by atoms with Crippen LogP contribution in [0.4, 0.5) is 0 Å². The Morgan fingerprint density at radius 3 is 2.18 bits per heavy atom. The van der Waals surface area contributed by atoms with Crippen molar-refractivity contribution in [2.24, 2.45) is 5.92 Å². The van der Waals surface area contributed by atoms with Gasteiger partial charge in [0.15, 0.2) is 0 Å². The van der Waals surface area contributed by atoms with Crippen molar-refractivity contribution in [2.75, 3.05) is 32.8 Å². The maximum atomic E-state index is 12.7. The summed E-state index contributed by atoms with van der Waals surface area (Å²) in [4.78, 5) is 52.7. The average Bonchev–Trinajstić information content (AvgIpc) is 2.95. The fourth-order valence-corrected chi connectivity index (χ4v) is 3.40. The Labute approximate surface area is 163 Å². The highest BCUT2D eigenvalue weighted by atomic mass is 16.5. The molecule has 1 aromatic rings. The molecule has 1 aromatic carbocycles. The highest BCUT2D eigenvalue weighted by Gasteiger charge is 2.35. The molecule has 3 rings (SSSR count). The number of morpholine rings is 1. The molecule has 1 saturated heterocycles. The SMILES string of the molecule is CC(C)[C@@H](NC(=O)CCN1C(=O)c2ccccc2C1=O)C(=O)N1CCOCC1. The molecule has 0 saturated carbocycles. The summed E-state index contributed by atoms with van der Waals surface area (Å²) in [7, 11) is 0. The van der Waals surface area contributed by atoms with Crippen molar-refractivity contribution in [1.29, 1.82) is 0 Å². The van der Waals surface area contributed by atoms with Crippen molar-refractivity contribution in [2.45, 2.75) is 26.3 Å². The van der Waals surface area contributed by atoms with Crippen LogP contribution >= 0.6 is 0 Å². The molecule has 0 radical (unpaired) electrons. The van der Waals surface area contributed by atoms with Crippen LogP contribution in [-0.2, 0) is 14.3 Å². The van der Waals surface area contributed by atoms with E-state index >= 15 is 0 Å². The lowest BCUT2D eigenvalue weighted by Gasteiger charge is -2.32. The number of ether oxygens (including phenoxy) is 1. The monoisotopic (exact) mass is 387 g/mol.